The number of H-pyrrole nitrogens is 1. The molecule has 0 spiro atoms. The van der Waals surface area contributed by atoms with Gasteiger partial charge in [0.05, 0.1) is 0 Å². The van der Waals surface area contributed by atoms with Crippen LogP contribution in [0.4, 0.5) is 0 Å². The SMILES string of the molecule is O[C@@]1(c2ncn[nH]2)CCC[C@H](P(O)(O)=P)C1. The Morgan fingerprint density at radius 2 is 2.31 bits per heavy atom. The molecule has 1 saturated carbocycles. The molecule has 0 unspecified atom stereocenters. The normalized spacial score (nSPS) is 31.6. The van der Waals surface area contributed by atoms with Gasteiger partial charge in [-0.1, -0.05) is 8.53 Å². The number of aromatic amines is 1. The van der Waals surface area contributed by atoms with E-state index >= 15 is 0 Å². The molecule has 4 N–H and O–H groups in total. The van der Waals surface area contributed by atoms with Crippen molar-refractivity contribution in [1.82, 2.24) is 15.2 Å². The summed E-state index contributed by atoms with van der Waals surface area (Å²) in [5.74, 6) is 0.400. The lowest BCUT2D eigenvalue weighted by Gasteiger charge is -2.36. The molecule has 2 atom stereocenters. The predicted octanol–water partition coefficient (Wildman–Crippen LogP) is 0.825. The van der Waals surface area contributed by atoms with E-state index in [1.54, 1.807) is 0 Å². The first-order valence-electron chi connectivity index (χ1n) is 5.09. The van der Waals surface area contributed by atoms with Gasteiger partial charge >= 0.3 is 0 Å². The zero-order chi connectivity index (χ0) is 11.8. The number of nitrogens with one attached hydrogen (secondary N) is 1. The fourth-order valence-corrected chi connectivity index (χ4v) is 3.94. The summed E-state index contributed by atoms with van der Waals surface area (Å²) < 4.78 is 0. The minimum atomic E-state index is -3.09. The minimum Gasteiger partial charge on any atom is -0.382 e. The molecule has 1 aliphatic rings. The highest BCUT2D eigenvalue weighted by Gasteiger charge is 2.41. The molecule has 16 heavy (non-hydrogen) atoms. The minimum absolute atomic E-state index is 0.284. The molecule has 1 aromatic rings. The first kappa shape index (κ1) is 12.2. The van der Waals surface area contributed by atoms with Crippen molar-refractivity contribution < 1.29 is 14.9 Å². The van der Waals surface area contributed by atoms with Crippen molar-refractivity contribution in [3.05, 3.63) is 12.2 Å². The molecule has 0 bridgehead atoms. The van der Waals surface area contributed by atoms with Crippen LogP contribution in [0.15, 0.2) is 6.33 Å². The molecule has 1 fully saturated rings. The van der Waals surface area contributed by atoms with E-state index in [-0.39, 0.29) is 12.1 Å². The Morgan fingerprint density at radius 1 is 1.56 bits per heavy atom. The van der Waals surface area contributed by atoms with Crippen molar-refractivity contribution in [2.75, 3.05) is 0 Å². The largest absolute Gasteiger partial charge is 0.382 e. The molecule has 0 saturated heterocycles. The average molecular weight is 263 g/mol. The average Bonchev–Trinajstić information content (AvgIpc) is 2.69. The number of nitrogens with zero attached hydrogens (tertiary/aromatic N) is 2. The van der Waals surface area contributed by atoms with Crippen LogP contribution >= 0.6 is 15.5 Å². The third-order valence-electron chi connectivity index (χ3n) is 3.07. The number of aliphatic hydroxyl groups is 1. The summed E-state index contributed by atoms with van der Waals surface area (Å²) in [6, 6.07) is 0. The molecule has 1 aromatic heterocycles. The third-order valence-corrected chi connectivity index (χ3v) is 5.62. The molecule has 1 heterocycles. The van der Waals surface area contributed by atoms with Gasteiger partial charge in [-0.05, 0) is 25.7 Å². The van der Waals surface area contributed by atoms with E-state index in [1.807, 2.05) is 0 Å². The van der Waals surface area contributed by atoms with Crippen LogP contribution in [0.25, 0.3) is 0 Å². The van der Waals surface area contributed by atoms with E-state index in [4.69, 9.17) is 0 Å². The molecule has 0 radical (unpaired) electrons. The Kier molecular flexibility index (Phi) is 3.21. The van der Waals surface area contributed by atoms with E-state index in [0.717, 1.165) is 6.42 Å². The molecular weight excluding hydrogens is 248 g/mol. The van der Waals surface area contributed by atoms with Gasteiger partial charge in [0.1, 0.15) is 18.9 Å². The highest BCUT2D eigenvalue weighted by Crippen LogP contribution is 2.55. The molecule has 6 nitrogen and oxygen atoms in total. The van der Waals surface area contributed by atoms with Crippen molar-refractivity contribution in [3.63, 3.8) is 0 Å². The molecule has 2 rings (SSSR count). The van der Waals surface area contributed by atoms with Crippen LogP contribution in [0, 0.1) is 0 Å². The zero-order valence-electron chi connectivity index (χ0n) is 8.67. The van der Waals surface area contributed by atoms with E-state index in [9.17, 15) is 14.9 Å². The molecule has 90 valence electrons. The van der Waals surface area contributed by atoms with Gasteiger partial charge in [0.15, 0.2) is 5.82 Å². The van der Waals surface area contributed by atoms with Gasteiger partial charge in [0, 0.05) is 5.66 Å². The van der Waals surface area contributed by atoms with Crippen molar-refractivity contribution in [2.45, 2.75) is 36.9 Å². The van der Waals surface area contributed by atoms with E-state index < -0.39 is 12.6 Å². The summed E-state index contributed by atoms with van der Waals surface area (Å²) in [5, 5.41) is 16.8. The summed E-state index contributed by atoms with van der Waals surface area (Å²) >= 11 is 0. The van der Waals surface area contributed by atoms with Crippen LogP contribution in [0.5, 0.6) is 0 Å². The maximum absolute atomic E-state index is 10.4. The summed E-state index contributed by atoms with van der Waals surface area (Å²) in [7, 11) is -0.115. The predicted molar refractivity (Wildman–Crippen MR) is 62.2 cm³/mol. The molecule has 0 aromatic carbocycles. The van der Waals surface area contributed by atoms with Gasteiger partial charge in [-0.25, -0.2) is 4.98 Å². The second kappa shape index (κ2) is 4.21. The molecule has 0 aliphatic heterocycles. The van der Waals surface area contributed by atoms with E-state index in [1.165, 1.54) is 6.33 Å². The second-order valence-corrected chi connectivity index (χ2v) is 8.27. The number of hydrogen-bond acceptors (Lipinski definition) is 3. The summed E-state index contributed by atoms with van der Waals surface area (Å²) in [6.45, 7) is 0. The Labute approximate surface area is 95.3 Å². The monoisotopic (exact) mass is 263 g/mol. The van der Waals surface area contributed by atoms with E-state index in [0.29, 0.717) is 18.7 Å². The van der Waals surface area contributed by atoms with Crippen LogP contribution < -0.4 is 0 Å². The first-order valence-corrected chi connectivity index (χ1v) is 8.20. The second-order valence-electron chi connectivity index (χ2n) is 4.27. The standard InChI is InChI=1S/C8H15N3O3P2/c12-8(7-9-5-10-11-7)3-1-2-6(4-8)16(13,14)15/h5-6,12-15H,1-4H2,(H,9,10,11)/t6-,8-/m0/s1. The highest BCUT2D eigenvalue weighted by atomic mass is 31.8. The zero-order valence-corrected chi connectivity index (χ0v) is 10.6. The van der Waals surface area contributed by atoms with Crippen LogP contribution in [-0.2, 0) is 5.60 Å². The van der Waals surface area contributed by atoms with Crippen molar-refractivity contribution in [2.24, 2.45) is 0 Å². The smallest absolute Gasteiger partial charge is 0.156 e. The van der Waals surface area contributed by atoms with E-state index in [2.05, 4.69) is 23.7 Å². The highest BCUT2D eigenvalue weighted by molar-refractivity contribution is 7.91. The maximum Gasteiger partial charge on any atom is 0.156 e. The number of aromatic nitrogens is 3. The fraction of sp³-hybridized carbons (Fsp3) is 0.750. The quantitative estimate of drug-likeness (QED) is 0.592. The van der Waals surface area contributed by atoms with Crippen molar-refractivity contribution in [1.29, 1.82) is 0 Å². The van der Waals surface area contributed by atoms with Crippen LogP contribution in [-0.4, -0.2) is 35.7 Å². The topological polar surface area (TPSA) is 102 Å². The lowest BCUT2D eigenvalue weighted by molar-refractivity contribution is -0.00855. The van der Waals surface area contributed by atoms with Crippen LogP contribution in [0.1, 0.15) is 31.5 Å². The van der Waals surface area contributed by atoms with Gasteiger partial charge in [0.2, 0.25) is 0 Å². The van der Waals surface area contributed by atoms with Crippen molar-refractivity contribution >= 4 is 15.5 Å². The van der Waals surface area contributed by atoms with Gasteiger partial charge in [-0.3, -0.25) is 5.10 Å². The van der Waals surface area contributed by atoms with Crippen LogP contribution in [0.3, 0.4) is 0 Å². The number of hydrogen-bond donors (Lipinski definition) is 4. The Bertz CT molecular complexity index is 405. The lowest BCUT2D eigenvalue weighted by Crippen LogP contribution is -2.35. The maximum atomic E-state index is 10.4. The summed E-state index contributed by atoms with van der Waals surface area (Å²) in [4.78, 5) is 23.1. The van der Waals surface area contributed by atoms with Gasteiger partial charge < -0.3 is 14.9 Å². The van der Waals surface area contributed by atoms with Crippen molar-refractivity contribution in [3.8, 4) is 0 Å². The van der Waals surface area contributed by atoms with Gasteiger partial charge in [-0.2, -0.15) is 5.10 Å². The Balaban J connectivity index is 2.21. The molecule has 0 amide bonds. The first-order chi connectivity index (χ1) is 7.42. The molecule has 8 heteroatoms. The Hall–Kier alpha value is -0.250. The lowest BCUT2D eigenvalue weighted by atomic mass is 9.84. The summed E-state index contributed by atoms with van der Waals surface area (Å²) in [5.41, 5.74) is -1.45. The van der Waals surface area contributed by atoms with Gasteiger partial charge in [0.25, 0.3) is 0 Å². The number of rotatable bonds is 2. The van der Waals surface area contributed by atoms with Crippen LogP contribution in [0.2, 0.25) is 0 Å². The Morgan fingerprint density at radius 3 is 2.88 bits per heavy atom. The molecular formula is C8H15N3O3P2. The fourth-order valence-electron chi connectivity index (χ4n) is 2.18. The summed E-state index contributed by atoms with van der Waals surface area (Å²) in [6.07, 6.45) is 3.61. The third kappa shape index (κ3) is 2.36. The van der Waals surface area contributed by atoms with Gasteiger partial charge in [-0.15, -0.1) is 0 Å². The molecule has 1 aliphatic carbocycles.